The highest BCUT2D eigenvalue weighted by molar-refractivity contribution is 7.89. The van der Waals surface area contributed by atoms with E-state index >= 15 is 0 Å². The van der Waals surface area contributed by atoms with Crippen LogP contribution in [0.15, 0.2) is 17.0 Å². The second-order valence-corrected chi connectivity index (χ2v) is 8.67. The lowest BCUT2D eigenvalue weighted by molar-refractivity contribution is 0.143. The van der Waals surface area contributed by atoms with Crippen LogP contribution in [0, 0.1) is 13.8 Å². The van der Waals surface area contributed by atoms with Gasteiger partial charge < -0.3 is 9.64 Å². The van der Waals surface area contributed by atoms with Crippen molar-refractivity contribution >= 4 is 10.0 Å². The molecule has 1 fully saturated rings. The van der Waals surface area contributed by atoms with Crippen molar-refractivity contribution < 1.29 is 13.2 Å². The van der Waals surface area contributed by atoms with Gasteiger partial charge in [-0.25, -0.2) is 13.1 Å². The fourth-order valence-corrected chi connectivity index (χ4v) is 5.04. The molecule has 0 amide bonds. The number of piperidine rings is 1. The van der Waals surface area contributed by atoms with Crippen LogP contribution < -0.4 is 9.46 Å². The highest BCUT2D eigenvalue weighted by atomic mass is 32.2. The zero-order chi connectivity index (χ0) is 18.4. The lowest BCUT2D eigenvalue weighted by Gasteiger charge is -2.35. The number of likely N-dealkylation sites (tertiary alicyclic amines) is 1. The Hall–Kier alpha value is -1.11. The molecule has 2 rings (SSSR count). The molecule has 0 bridgehead atoms. The summed E-state index contributed by atoms with van der Waals surface area (Å²) < 4.78 is 33.2. The number of aryl methyl sites for hydroxylation is 2. The standard InChI is InChI=1S/C19H32N2O3S/c1-5-17-9-6-7-11-21(17)12-8-10-20-25(22,23)19-14-15(2)18(24-4)13-16(19)3/h13-14,17,20H,5-12H2,1-4H3/t17-/m0/s1. The third kappa shape index (κ3) is 5.19. The summed E-state index contributed by atoms with van der Waals surface area (Å²) in [5.74, 6) is 0.715. The van der Waals surface area contributed by atoms with Crippen LogP contribution in [0.25, 0.3) is 0 Å². The quantitative estimate of drug-likeness (QED) is 0.716. The molecule has 1 heterocycles. The first-order valence-electron chi connectivity index (χ1n) is 9.28. The number of ether oxygens (including phenoxy) is 1. The van der Waals surface area contributed by atoms with Gasteiger partial charge in [0, 0.05) is 12.6 Å². The first-order valence-corrected chi connectivity index (χ1v) is 10.8. The number of hydrogen-bond donors (Lipinski definition) is 1. The Morgan fingerprint density at radius 2 is 2.00 bits per heavy atom. The average Bonchev–Trinajstić information content (AvgIpc) is 2.60. The molecule has 25 heavy (non-hydrogen) atoms. The zero-order valence-corrected chi connectivity index (χ0v) is 16.8. The van der Waals surface area contributed by atoms with Crippen LogP contribution in [0.4, 0.5) is 0 Å². The van der Waals surface area contributed by atoms with Crippen molar-refractivity contribution in [1.82, 2.24) is 9.62 Å². The van der Waals surface area contributed by atoms with Crippen molar-refractivity contribution in [1.29, 1.82) is 0 Å². The predicted molar refractivity (Wildman–Crippen MR) is 102 cm³/mol. The smallest absolute Gasteiger partial charge is 0.240 e. The maximum Gasteiger partial charge on any atom is 0.240 e. The molecule has 1 aromatic carbocycles. The molecular weight excluding hydrogens is 336 g/mol. The Morgan fingerprint density at radius 3 is 2.68 bits per heavy atom. The van der Waals surface area contributed by atoms with Crippen molar-refractivity contribution in [3.05, 3.63) is 23.3 Å². The average molecular weight is 369 g/mol. The van der Waals surface area contributed by atoms with Crippen LogP contribution in [0.5, 0.6) is 5.75 Å². The summed E-state index contributed by atoms with van der Waals surface area (Å²) in [4.78, 5) is 2.86. The largest absolute Gasteiger partial charge is 0.496 e. The number of nitrogens with one attached hydrogen (secondary N) is 1. The topological polar surface area (TPSA) is 58.6 Å². The Balaban J connectivity index is 1.92. The molecule has 0 aliphatic carbocycles. The van der Waals surface area contributed by atoms with Crippen molar-refractivity contribution in [3.8, 4) is 5.75 Å². The van der Waals surface area contributed by atoms with Crippen LogP contribution in [-0.4, -0.2) is 46.1 Å². The molecule has 1 aromatic rings. The maximum absolute atomic E-state index is 12.6. The molecule has 1 atom stereocenters. The molecule has 0 saturated carbocycles. The van der Waals surface area contributed by atoms with E-state index in [4.69, 9.17) is 4.74 Å². The molecule has 142 valence electrons. The molecule has 0 radical (unpaired) electrons. The van der Waals surface area contributed by atoms with Crippen molar-refractivity contribution in [2.45, 2.75) is 63.8 Å². The summed E-state index contributed by atoms with van der Waals surface area (Å²) >= 11 is 0. The Morgan fingerprint density at radius 1 is 1.24 bits per heavy atom. The summed E-state index contributed by atoms with van der Waals surface area (Å²) in [7, 11) is -1.89. The molecule has 6 heteroatoms. The number of hydrogen-bond acceptors (Lipinski definition) is 4. The third-order valence-electron chi connectivity index (χ3n) is 5.12. The molecule has 0 aromatic heterocycles. The molecule has 0 unspecified atom stereocenters. The fraction of sp³-hybridized carbons (Fsp3) is 0.684. The van der Waals surface area contributed by atoms with Crippen LogP contribution in [-0.2, 0) is 10.0 Å². The maximum atomic E-state index is 12.6. The summed E-state index contributed by atoms with van der Waals surface area (Å²) in [6.45, 7) is 8.47. The first kappa shape index (κ1) is 20.2. The van der Waals surface area contributed by atoms with Gasteiger partial charge >= 0.3 is 0 Å². The van der Waals surface area contributed by atoms with E-state index in [1.807, 2.05) is 6.92 Å². The van der Waals surface area contributed by atoms with Gasteiger partial charge in [0.1, 0.15) is 5.75 Å². The SMILES string of the molecule is CC[C@H]1CCCCN1CCCNS(=O)(=O)c1cc(C)c(OC)cc1C. The lowest BCUT2D eigenvalue weighted by atomic mass is 10.00. The zero-order valence-electron chi connectivity index (χ0n) is 16.0. The van der Waals surface area contributed by atoms with Gasteiger partial charge in [-0.1, -0.05) is 13.3 Å². The molecular formula is C19H32N2O3S. The highest BCUT2D eigenvalue weighted by Gasteiger charge is 2.21. The molecule has 1 aliphatic heterocycles. The second-order valence-electron chi connectivity index (χ2n) is 6.93. The number of sulfonamides is 1. The molecule has 1 saturated heterocycles. The van der Waals surface area contributed by atoms with Gasteiger partial charge in [-0.2, -0.15) is 0 Å². The summed E-state index contributed by atoms with van der Waals surface area (Å²) in [5, 5.41) is 0. The van der Waals surface area contributed by atoms with Gasteiger partial charge in [-0.3, -0.25) is 0 Å². The highest BCUT2D eigenvalue weighted by Crippen LogP contribution is 2.25. The monoisotopic (exact) mass is 368 g/mol. The predicted octanol–water partition coefficient (Wildman–Crippen LogP) is 3.24. The number of methoxy groups -OCH3 is 1. The Kier molecular flexibility index (Phi) is 7.28. The minimum atomic E-state index is -3.48. The van der Waals surface area contributed by atoms with E-state index in [0.29, 0.717) is 28.8 Å². The minimum absolute atomic E-state index is 0.343. The lowest BCUT2D eigenvalue weighted by Crippen LogP contribution is -2.40. The van der Waals surface area contributed by atoms with E-state index in [9.17, 15) is 8.42 Å². The third-order valence-corrected chi connectivity index (χ3v) is 6.72. The van der Waals surface area contributed by atoms with Gasteiger partial charge in [0.15, 0.2) is 0 Å². The van der Waals surface area contributed by atoms with E-state index in [2.05, 4.69) is 16.5 Å². The van der Waals surface area contributed by atoms with Crippen molar-refractivity contribution in [3.63, 3.8) is 0 Å². The van der Waals surface area contributed by atoms with Crippen molar-refractivity contribution in [2.24, 2.45) is 0 Å². The first-order chi connectivity index (χ1) is 11.9. The molecule has 1 aliphatic rings. The van der Waals surface area contributed by atoms with Gasteiger partial charge in [-0.05, 0) is 75.9 Å². The summed E-state index contributed by atoms with van der Waals surface area (Å²) in [6.07, 6.45) is 5.86. The van der Waals surface area contributed by atoms with Crippen LogP contribution >= 0.6 is 0 Å². The van der Waals surface area contributed by atoms with E-state index in [-0.39, 0.29) is 0 Å². The molecule has 5 nitrogen and oxygen atoms in total. The fourth-order valence-electron chi connectivity index (χ4n) is 3.66. The molecule has 1 N–H and O–H groups in total. The van der Waals surface area contributed by atoms with E-state index in [1.165, 1.54) is 25.7 Å². The molecule has 0 spiro atoms. The number of nitrogens with zero attached hydrogens (tertiary/aromatic N) is 1. The number of rotatable bonds is 8. The van der Waals surface area contributed by atoms with E-state index in [0.717, 1.165) is 25.1 Å². The van der Waals surface area contributed by atoms with Crippen LogP contribution in [0.1, 0.15) is 50.2 Å². The Labute approximate surface area is 152 Å². The van der Waals surface area contributed by atoms with Gasteiger partial charge in [0.05, 0.1) is 12.0 Å². The van der Waals surface area contributed by atoms with E-state index < -0.39 is 10.0 Å². The van der Waals surface area contributed by atoms with Crippen LogP contribution in [0.3, 0.4) is 0 Å². The van der Waals surface area contributed by atoms with Gasteiger partial charge in [-0.15, -0.1) is 0 Å². The second kappa shape index (κ2) is 9.01. The summed E-state index contributed by atoms with van der Waals surface area (Å²) in [6, 6.07) is 4.13. The van der Waals surface area contributed by atoms with Gasteiger partial charge in [0.2, 0.25) is 10.0 Å². The normalized spacial score (nSPS) is 19.1. The van der Waals surface area contributed by atoms with Crippen LogP contribution in [0.2, 0.25) is 0 Å². The van der Waals surface area contributed by atoms with Crippen molar-refractivity contribution in [2.75, 3.05) is 26.7 Å². The summed E-state index contributed by atoms with van der Waals surface area (Å²) in [5.41, 5.74) is 1.53. The minimum Gasteiger partial charge on any atom is -0.496 e. The van der Waals surface area contributed by atoms with E-state index in [1.54, 1.807) is 26.2 Å². The Bertz CT molecular complexity index is 673. The number of benzene rings is 1. The van der Waals surface area contributed by atoms with Gasteiger partial charge in [0.25, 0.3) is 0 Å².